The fourth-order valence-corrected chi connectivity index (χ4v) is 2.85. The Morgan fingerprint density at radius 1 is 1.09 bits per heavy atom. The zero-order valence-electron chi connectivity index (χ0n) is 13.4. The van der Waals surface area contributed by atoms with Gasteiger partial charge in [0, 0.05) is 17.1 Å². The van der Waals surface area contributed by atoms with E-state index in [2.05, 4.69) is 33.4 Å². The largest absolute Gasteiger partial charge is 0.493 e. The van der Waals surface area contributed by atoms with Crippen LogP contribution in [-0.2, 0) is 13.0 Å². The minimum Gasteiger partial charge on any atom is -0.493 e. The van der Waals surface area contributed by atoms with Crippen molar-refractivity contribution in [3.63, 3.8) is 0 Å². The summed E-state index contributed by atoms with van der Waals surface area (Å²) in [5.74, 6) is 1.38. The first kappa shape index (κ1) is 17.8. The predicted octanol–water partition coefficient (Wildman–Crippen LogP) is 3.16. The molecular formula is C18H22BrNO3. The lowest BCUT2D eigenvalue weighted by molar-refractivity contribution is 0.240. The van der Waals surface area contributed by atoms with Gasteiger partial charge in [-0.3, -0.25) is 0 Å². The second-order valence-electron chi connectivity index (χ2n) is 5.25. The van der Waals surface area contributed by atoms with Crippen molar-refractivity contribution in [3.05, 3.63) is 58.1 Å². The molecule has 0 spiro atoms. The van der Waals surface area contributed by atoms with Gasteiger partial charge in [0.05, 0.1) is 20.8 Å². The normalized spacial score (nSPS) is 12.0. The van der Waals surface area contributed by atoms with Crippen molar-refractivity contribution >= 4 is 15.9 Å². The van der Waals surface area contributed by atoms with Gasteiger partial charge >= 0.3 is 0 Å². The van der Waals surface area contributed by atoms with Crippen LogP contribution in [-0.4, -0.2) is 32.0 Å². The van der Waals surface area contributed by atoms with E-state index in [4.69, 9.17) is 9.47 Å². The van der Waals surface area contributed by atoms with Crippen molar-refractivity contribution in [2.75, 3.05) is 20.8 Å². The summed E-state index contributed by atoms with van der Waals surface area (Å²) in [5.41, 5.74) is 2.25. The fraction of sp³-hybridized carbons (Fsp3) is 0.333. The van der Waals surface area contributed by atoms with Gasteiger partial charge in [-0.05, 0) is 29.7 Å². The van der Waals surface area contributed by atoms with Gasteiger partial charge in [-0.15, -0.1) is 0 Å². The summed E-state index contributed by atoms with van der Waals surface area (Å²) in [6.07, 6.45) is 0.780. The summed E-state index contributed by atoms with van der Waals surface area (Å²) in [7, 11) is 3.23. The minimum absolute atomic E-state index is 0.00241. The number of halogens is 1. The van der Waals surface area contributed by atoms with Gasteiger partial charge in [-0.25, -0.2) is 0 Å². The van der Waals surface area contributed by atoms with Crippen LogP contribution in [0.4, 0.5) is 0 Å². The third-order valence-corrected chi connectivity index (χ3v) is 4.42. The van der Waals surface area contributed by atoms with Crippen molar-refractivity contribution < 1.29 is 14.6 Å². The first-order valence-corrected chi connectivity index (χ1v) is 8.25. The highest BCUT2D eigenvalue weighted by Crippen LogP contribution is 2.33. The Hall–Kier alpha value is -1.56. The summed E-state index contributed by atoms with van der Waals surface area (Å²) in [6.45, 7) is 0.707. The monoisotopic (exact) mass is 379 g/mol. The average Bonchev–Trinajstić information content (AvgIpc) is 2.59. The third-order valence-electron chi connectivity index (χ3n) is 3.68. The highest BCUT2D eigenvalue weighted by molar-refractivity contribution is 9.10. The van der Waals surface area contributed by atoms with Crippen molar-refractivity contribution in [2.24, 2.45) is 0 Å². The van der Waals surface area contributed by atoms with Gasteiger partial charge in [0.25, 0.3) is 0 Å². The number of benzene rings is 2. The molecule has 2 aromatic carbocycles. The Morgan fingerprint density at radius 3 is 2.35 bits per heavy atom. The molecule has 2 aromatic rings. The molecule has 5 heteroatoms. The number of methoxy groups -OCH3 is 2. The smallest absolute Gasteiger partial charge is 0.161 e. The molecule has 2 N–H and O–H groups in total. The lowest BCUT2D eigenvalue weighted by Gasteiger charge is -2.18. The molecule has 2 rings (SSSR count). The fourth-order valence-electron chi connectivity index (χ4n) is 2.39. The molecule has 0 fully saturated rings. The summed E-state index contributed by atoms with van der Waals surface area (Å²) >= 11 is 3.55. The first-order valence-electron chi connectivity index (χ1n) is 7.46. The zero-order chi connectivity index (χ0) is 16.7. The number of aliphatic hydroxyl groups is 1. The first-order chi connectivity index (χ1) is 11.2. The minimum atomic E-state index is -0.00241. The Labute approximate surface area is 145 Å². The second kappa shape index (κ2) is 8.91. The van der Waals surface area contributed by atoms with E-state index < -0.39 is 0 Å². The topological polar surface area (TPSA) is 50.7 Å². The average molecular weight is 380 g/mol. The van der Waals surface area contributed by atoms with Gasteiger partial charge < -0.3 is 19.9 Å². The summed E-state index contributed by atoms with van der Waals surface area (Å²) in [6, 6.07) is 14.0. The molecule has 0 amide bonds. The summed E-state index contributed by atoms with van der Waals surface area (Å²) in [5, 5.41) is 13.0. The van der Waals surface area contributed by atoms with Crippen LogP contribution >= 0.6 is 15.9 Å². The molecule has 0 aliphatic rings. The van der Waals surface area contributed by atoms with Crippen molar-refractivity contribution in [2.45, 2.75) is 19.0 Å². The molecule has 0 aromatic heterocycles. The zero-order valence-corrected chi connectivity index (χ0v) is 15.0. The van der Waals surface area contributed by atoms with Crippen LogP contribution in [0.5, 0.6) is 11.5 Å². The summed E-state index contributed by atoms with van der Waals surface area (Å²) < 4.78 is 11.6. The van der Waals surface area contributed by atoms with Gasteiger partial charge in [-0.2, -0.15) is 0 Å². The molecule has 1 atom stereocenters. The molecule has 4 nitrogen and oxygen atoms in total. The lowest BCUT2D eigenvalue weighted by atomic mass is 10.1. The van der Waals surface area contributed by atoms with Crippen LogP contribution in [0.3, 0.4) is 0 Å². The number of ether oxygens (including phenoxy) is 2. The van der Waals surface area contributed by atoms with Gasteiger partial charge in [-0.1, -0.05) is 46.3 Å². The molecule has 0 aliphatic heterocycles. The number of rotatable bonds is 8. The Bertz CT molecular complexity index is 619. The molecule has 0 radical (unpaired) electrons. The van der Waals surface area contributed by atoms with Crippen LogP contribution in [0.25, 0.3) is 0 Å². The van der Waals surface area contributed by atoms with Gasteiger partial charge in [0.15, 0.2) is 11.5 Å². The van der Waals surface area contributed by atoms with Crippen LogP contribution in [0.1, 0.15) is 11.1 Å². The Balaban J connectivity index is 2.03. The van der Waals surface area contributed by atoms with E-state index in [-0.39, 0.29) is 12.6 Å². The Morgan fingerprint density at radius 2 is 1.74 bits per heavy atom. The molecule has 124 valence electrons. The number of hydrogen-bond acceptors (Lipinski definition) is 4. The standard InChI is InChI=1S/C18H22BrNO3/c1-22-17-9-14(16(19)10-18(17)23-2)11-20-15(12-21)8-13-6-4-3-5-7-13/h3-7,9-10,15,20-21H,8,11-12H2,1-2H3. The van der Waals surface area contributed by atoms with E-state index in [1.54, 1.807) is 14.2 Å². The van der Waals surface area contributed by atoms with Crippen LogP contribution in [0.2, 0.25) is 0 Å². The molecule has 0 aliphatic carbocycles. The molecule has 0 bridgehead atoms. The molecule has 1 unspecified atom stereocenters. The van der Waals surface area contributed by atoms with E-state index in [0.29, 0.717) is 18.0 Å². The van der Waals surface area contributed by atoms with E-state index >= 15 is 0 Å². The number of hydrogen-bond donors (Lipinski definition) is 2. The molecule has 0 saturated heterocycles. The van der Waals surface area contributed by atoms with E-state index in [9.17, 15) is 5.11 Å². The van der Waals surface area contributed by atoms with E-state index in [1.165, 1.54) is 5.56 Å². The Kier molecular flexibility index (Phi) is 6.89. The van der Waals surface area contributed by atoms with E-state index in [1.807, 2.05) is 30.3 Å². The molecule has 0 saturated carbocycles. The maximum absolute atomic E-state index is 9.60. The molecule has 23 heavy (non-hydrogen) atoms. The van der Waals surface area contributed by atoms with Crippen molar-refractivity contribution in [1.82, 2.24) is 5.32 Å². The van der Waals surface area contributed by atoms with E-state index in [0.717, 1.165) is 16.5 Å². The third kappa shape index (κ3) is 4.96. The van der Waals surface area contributed by atoms with Crippen LogP contribution in [0.15, 0.2) is 46.9 Å². The SMILES string of the molecule is COc1cc(Br)c(CNC(CO)Cc2ccccc2)cc1OC. The highest BCUT2D eigenvalue weighted by atomic mass is 79.9. The number of aliphatic hydroxyl groups excluding tert-OH is 1. The quantitative estimate of drug-likeness (QED) is 0.739. The van der Waals surface area contributed by atoms with Gasteiger partial charge in [0.2, 0.25) is 0 Å². The highest BCUT2D eigenvalue weighted by Gasteiger charge is 2.12. The number of nitrogens with one attached hydrogen (secondary N) is 1. The van der Waals surface area contributed by atoms with Crippen molar-refractivity contribution in [1.29, 1.82) is 0 Å². The maximum atomic E-state index is 9.60. The van der Waals surface area contributed by atoms with Gasteiger partial charge in [0.1, 0.15) is 0 Å². The van der Waals surface area contributed by atoms with Crippen LogP contribution in [0, 0.1) is 0 Å². The molecule has 0 heterocycles. The predicted molar refractivity (Wildman–Crippen MR) is 95.1 cm³/mol. The second-order valence-corrected chi connectivity index (χ2v) is 6.10. The van der Waals surface area contributed by atoms with Crippen LogP contribution < -0.4 is 14.8 Å². The van der Waals surface area contributed by atoms with Crippen molar-refractivity contribution in [3.8, 4) is 11.5 Å². The maximum Gasteiger partial charge on any atom is 0.161 e. The lowest BCUT2D eigenvalue weighted by Crippen LogP contribution is -2.34. The molecular weight excluding hydrogens is 358 g/mol. The summed E-state index contributed by atoms with van der Waals surface area (Å²) in [4.78, 5) is 0.